The second-order valence-corrected chi connectivity index (χ2v) is 5.94. The highest BCUT2D eigenvalue weighted by Gasteiger charge is 2.12. The Kier molecular flexibility index (Phi) is 6.10. The Morgan fingerprint density at radius 3 is 2.44 bits per heavy atom. The van der Waals surface area contributed by atoms with Gasteiger partial charge in [0.15, 0.2) is 5.82 Å². The molecule has 1 amide bonds. The molecule has 1 heterocycles. The summed E-state index contributed by atoms with van der Waals surface area (Å²) in [4.78, 5) is 22.8. The molecule has 138 valence electrons. The van der Waals surface area contributed by atoms with Gasteiger partial charge >= 0.3 is 0 Å². The van der Waals surface area contributed by atoms with Crippen molar-refractivity contribution >= 4 is 17.4 Å². The molecular weight excluding hydrogens is 343 g/mol. The molecule has 2 aromatic carbocycles. The third-order valence-corrected chi connectivity index (χ3v) is 4.17. The molecule has 0 fully saturated rings. The third kappa shape index (κ3) is 4.67. The zero-order valence-electron chi connectivity index (χ0n) is 15.1. The van der Waals surface area contributed by atoms with Crippen LogP contribution < -0.4 is 10.2 Å². The highest BCUT2D eigenvalue weighted by molar-refractivity contribution is 5.92. The summed E-state index contributed by atoms with van der Waals surface area (Å²) < 4.78 is 13.6. The van der Waals surface area contributed by atoms with Crippen molar-refractivity contribution in [1.29, 1.82) is 0 Å². The first-order valence-corrected chi connectivity index (χ1v) is 8.85. The first-order valence-electron chi connectivity index (χ1n) is 8.85. The molecule has 0 aliphatic carbocycles. The number of anilines is 2. The third-order valence-electron chi connectivity index (χ3n) is 4.17. The summed E-state index contributed by atoms with van der Waals surface area (Å²) in [5.74, 6) is 0.0798. The van der Waals surface area contributed by atoms with E-state index in [1.807, 2.05) is 42.2 Å². The van der Waals surface area contributed by atoms with Crippen LogP contribution in [0.4, 0.5) is 15.9 Å². The zero-order chi connectivity index (χ0) is 19.1. The lowest BCUT2D eigenvalue weighted by molar-refractivity contribution is 0.0948. The molecule has 0 saturated carbocycles. The molecule has 3 rings (SSSR count). The van der Waals surface area contributed by atoms with E-state index in [1.54, 1.807) is 24.4 Å². The number of hydrogen-bond donors (Lipinski definition) is 1. The topological polar surface area (TPSA) is 58.1 Å². The lowest BCUT2D eigenvalue weighted by Gasteiger charge is -2.21. The molecule has 1 aromatic heterocycles. The van der Waals surface area contributed by atoms with Crippen LogP contribution in [0, 0.1) is 5.82 Å². The predicted molar refractivity (Wildman–Crippen MR) is 104 cm³/mol. The van der Waals surface area contributed by atoms with Crippen LogP contribution in [-0.2, 0) is 6.42 Å². The molecule has 0 atom stereocenters. The van der Waals surface area contributed by atoms with Crippen molar-refractivity contribution in [2.45, 2.75) is 13.3 Å². The number of para-hydroxylation sites is 1. The molecule has 1 N–H and O–H groups in total. The highest BCUT2D eigenvalue weighted by atomic mass is 19.1. The molecule has 0 aliphatic rings. The van der Waals surface area contributed by atoms with E-state index < -0.39 is 0 Å². The van der Waals surface area contributed by atoms with Gasteiger partial charge in [0, 0.05) is 18.8 Å². The number of hydrogen-bond acceptors (Lipinski definition) is 4. The van der Waals surface area contributed by atoms with E-state index in [-0.39, 0.29) is 17.4 Å². The minimum atomic E-state index is -0.326. The van der Waals surface area contributed by atoms with Crippen LogP contribution >= 0.6 is 0 Å². The van der Waals surface area contributed by atoms with Gasteiger partial charge < -0.3 is 10.2 Å². The Morgan fingerprint density at radius 1 is 1.04 bits per heavy atom. The summed E-state index contributed by atoms with van der Waals surface area (Å²) in [5, 5.41) is 2.75. The van der Waals surface area contributed by atoms with E-state index in [9.17, 15) is 9.18 Å². The first kappa shape index (κ1) is 18.5. The maximum atomic E-state index is 13.6. The second-order valence-electron chi connectivity index (χ2n) is 5.94. The average molecular weight is 364 g/mol. The summed E-state index contributed by atoms with van der Waals surface area (Å²) >= 11 is 0. The molecule has 0 spiro atoms. The minimum Gasteiger partial charge on any atom is -0.350 e. The fourth-order valence-corrected chi connectivity index (χ4v) is 2.77. The number of benzene rings is 2. The number of nitrogens with zero attached hydrogens (tertiary/aromatic N) is 3. The molecule has 3 aromatic rings. The molecule has 0 aliphatic heterocycles. The van der Waals surface area contributed by atoms with Gasteiger partial charge in [0.05, 0.1) is 12.4 Å². The fourth-order valence-electron chi connectivity index (χ4n) is 2.77. The Labute approximate surface area is 157 Å². The van der Waals surface area contributed by atoms with Crippen LogP contribution in [0.2, 0.25) is 0 Å². The smallest absolute Gasteiger partial charge is 0.271 e. The van der Waals surface area contributed by atoms with Gasteiger partial charge in [-0.2, -0.15) is 0 Å². The average Bonchev–Trinajstić information content (AvgIpc) is 2.71. The van der Waals surface area contributed by atoms with Crippen LogP contribution in [-0.4, -0.2) is 29.0 Å². The Hall–Kier alpha value is -3.28. The van der Waals surface area contributed by atoms with Gasteiger partial charge in [0.25, 0.3) is 5.91 Å². The molecule has 0 bridgehead atoms. The van der Waals surface area contributed by atoms with Crippen molar-refractivity contribution in [3.05, 3.63) is 84.1 Å². The molecule has 0 saturated heterocycles. The number of rotatable bonds is 7. The Balaban J connectivity index is 1.61. The van der Waals surface area contributed by atoms with Gasteiger partial charge in [-0.25, -0.2) is 14.4 Å². The maximum absolute atomic E-state index is 13.6. The van der Waals surface area contributed by atoms with Gasteiger partial charge in [-0.1, -0.05) is 36.4 Å². The van der Waals surface area contributed by atoms with Crippen molar-refractivity contribution in [3.8, 4) is 0 Å². The number of nitrogens with one attached hydrogen (secondary N) is 1. The quantitative estimate of drug-likeness (QED) is 0.694. The van der Waals surface area contributed by atoms with Gasteiger partial charge in [0.2, 0.25) is 0 Å². The van der Waals surface area contributed by atoms with Crippen LogP contribution in [0.15, 0.2) is 67.0 Å². The molecular formula is C21H21FN4O. The number of carbonyl (C=O) groups excluding carboxylic acids is 1. The summed E-state index contributed by atoms with van der Waals surface area (Å²) in [5.41, 5.74) is 1.81. The van der Waals surface area contributed by atoms with Gasteiger partial charge in [-0.3, -0.25) is 4.79 Å². The monoisotopic (exact) mass is 364 g/mol. The van der Waals surface area contributed by atoms with E-state index in [0.29, 0.717) is 24.3 Å². The van der Waals surface area contributed by atoms with E-state index in [0.717, 1.165) is 12.2 Å². The standard InChI is InChI=1S/C21H21FN4O/c1-2-26(17-9-4-3-5-10-17)20-15-24-19(14-25-20)21(27)23-13-12-16-8-6-7-11-18(16)22/h3-11,14-15H,2,12-13H2,1H3,(H,23,27). The van der Waals surface area contributed by atoms with Crippen molar-refractivity contribution < 1.29 is 9.18 Å². The van der Waals surface area contributed by atoms with Crippen molar-refractivity contribution in [2.24, 2.45) is 0 Å². The first-order chi connectivity index (χ1) is 13.2. The van der Waals surface area contributed by atoms with Crippen molar-refractivity contribution in [1.82, 2.24) is 15.3 Å². The number of amides is 1. The van der Waals surface area contributed by atoms with Crippen LogP contribution in [0.1, 0.15) is 23.0 Å². The summed E-state index contributed by atoms with van der Waals surface area (Å²) in [6.07, 6.45) is 3.46. The lowest BCUT2D eigenvalue weighted by atomic mass is 10.1. The van der Waals surface area contributed by atoms with E-state index in [2.05, 4.69) is 15.3 Å². The maximum Gasteiger partial charge on any atom is 0.271 e. The summed E-state index contributed by atoms with van der Waals surface area (Å²) in [6.45, 7) is 3.08. The van der Waals surface area contributed by atoms with Gasteiger partial charge in [-0.15, -0.1) is 0 Å². The molecule has 0 radical (unpaired) electrons. The SMILES string of the molecule is CCN(c1ccccc1)c1cnc(C(=O)NCCc2ccccc2F)cn1. The summed E-state index contributed by atoms with van der Waals surface area (Å²) in [7, 11) is 0. The van der Waals surface area contributed by atoms with Crippen molar-refractivity contribution in [3.63, 3.8) is 0 Å². The largest absolute Gasteiger partial charge is 0.350 e. The van der Waals surface area contributed by atoms with E-state index in [4.69, 9.17) is 0 Å². The predicted octanol–water partition coefficient (Wildman–Crippen LogP) is 3.75. The van der Waals surface area contributed by atoms with Crippen LogP contribution in [0.25, 0.3) is 0 Å². The van der Waals surface area contributed by atoms with Gasteiger partial charge in [0.1, 0.15) is 11.5 Å². The minimum absolute atomic E-state index is 0.233. The fraction of sp³-hybridized carbons (Fsp3) is 0.190. The number of aromatic nitrogens is 2. The second kappa shape index (κ2) is 8.89. The lowest BCUT2D eigenvalue weighted by Crippen LogP contribution is -2.27. The summed E-state index contributed by atoms with van der Waals surface area (Å²) in [6, 6.07) is 16.4. The van der Waals surface area contributed by atoms with E-state index in [1.165, 1.54) is 12.3 Å². The highest BCUT2D eigenvalue weighted by Crippen LogP contribution is 2.21. The normalized spacial score (nSPS) is 10.4. The number of carbonyl (C=O) groups is 1. The van der Waals surface area contributed by atoms with Crippen LogP contribution in [0.5, 0.6) is 0 Å². The molecule has 27 heavy (non-hydrogen) atoms. The molecule has 6 heteroatoms. The molecule has 0 unspecified atom stereocenters. The zero-order valence-corrected chi connectivity index (χ0v) is 15.1. The van der Waals surface area contributed by atoms with Crippen LogP contribution in [0.3, 0.4) is 0 Å². The Bertz CT molecular complexity index is 884. The Morgan fingerprint density at radius 2 is 1.78 bits per heavy atom. The van der Waals surface area contributed by atoms with E-state index >= 15 is 0 Å². The van der Waals surface area contributed by atoms with Gasteiger partial charge in [-0.05, 0) is 37.1 Å². The number of halogens is 1. The van der Waals surface area contributed by atoms with Crippen molar-refractivity contribution in [2.75, 3.05) is 18.0 Å². The molecule has 5 nitrogen and oxygen atoms in total.